The molecule has 0 bridgehead atoms. The lowest BCUT2D eigenvalue weighted by molar-refractivity contribution is 0.0936. The summed E-state index contributed by atoms with van der Waals surface area (Å²) in [6.07, 6.45) is 5.68. The molecule has 130 valence electrons. The van der Waals surface area contributed by atoms with Gasteiger partial charge in [0.2, 0.25) is 0 Å². The first-order valence-electron chi connectivity index (χ1n) is 9.07. The highest BCUT2D eigenvalue weighted by atomic mass is 19.1. The van der Waals surface area contributed by atoms with E-state index in [1.165, 1.54) is 17.2 Å². The lowest BCUT2D eigenvalue weighted by Crippen LogP contribution is -2.27. The summed E-state index contributed by atoms with van der Waals surface area (Å²) in [6, 6.07) is 10.8. The molecule has 0 spiro atoms. The minimum absolute atomic E-state index is 0.0947. The maximum Gasteiger partial charge on any atom is 0.251 e. The minimum atomic E-state index is -0.251. The van der Waals surface area contributed by atoms with Gasteiger partial charge in [0.05, 0.1) is 6.04 Å². The average Bonchev–Trinajstić information content (AvgIpc) is 2.87. The number of halogens is 1. The van der Waals surface area contributed by atoms with Gasteiger partial charge in [-0.3, -0.25) is 4.79 Å². The molecule has 0 fully saturated rings. The number of hydrogen-bond acceptors (Lipinski definition) is 2. The lowest BCUT2D eigenvalue weighted by atomic mass is 9.98. The highest BCUT2D eigenvalue weighted by Crippen LogP contribution is 2.32. The van der Waals surface area contributed by atoms with E-state index >= 15 is 0 Å². The van der Waals surface area contributed by atoms with Gasteiger partial charge in [-0.2, -0.15) is 0 Å². The first-order chi connectivity index (χ1) is 12.1. The number of aryl methyl sites for hydroxylation is 2. The number of amides is 1. The zero-order chi connectivity index (χ0) is 17.4. The molecule has 2 atom stereocenters. The van der Waals surface area contributed by atoms with Gasteiger partial charge in [-0.25, -0.2) is 4.39 Å². The Bertz CT molecular complexity index is 818. The molecule has 1 amide bonds. The van der Waals surface area contributed by atoms with Crippen LogP contribution in [0, 0.1) is 5.82 Å². The smallest absolute Gasteiger partial charge is 0.251 e. The van der Waals surface area contributed by atoms with E-state index in [1.807, 2.05) is 18.2 Å². The SMILES string of the molecule is NC1CCCc2ccc(C(=O)NC3CCc4ccc(F)cc43)cc2C1. The molecule has 0 saturated heterocycles. The predicted molar refractivity (Wildman–Crippen MR) is 96.0 cm³/mol. The Morgan fingerprint density at radius 3 is 2.76 bits per heavy atom. The molecule has 0 radical (unpaired) electrons. The Morgan fingerprint density at radius 1 is 1.04 bits per heavy atom. The van der Waals surface area contributed by atoms with Gasteiger partial charge in [-0.15, -0.1) is 0 Å². The van der Waals surface area contributed by atoms with Crippen molar-refractivity contribution in [2.45, 2.75) is 50.6 Å². The second-order valence-electron chi connectivity index (χ2n) is 7.25. The monoisotopic (exact) mass is 338 g/mol. The van der Waals surface area contributed by atoms with Crippen molar-refractivity contribution >= 4 is 5.91 Å². The molecule has 2 aliphatic rings. The van der Waals surface area contributed by atoms with Crippen molar-refractivity contribution in [2.75, 3.05) is 0 Å². The van der Waals surface area contributed by atoms with E-state index in [4.69, 9.17) is 5.73 Å². The van der Waals surface area contributed by atoms with Crippen LogP contribution in [0.5, 0.6) is 0 Å². The molecule has 2 unspecified atom stereocenters. The van der Waals surface area contributed by atoms with Gasteiger partial charge in [0.1, 0.15) is 5.82 Å². The van der Waals surface area contributed by atoms with Gasteiger partial charge in [-0.05, 0) is 85.0 Å². The molecular weight excluding hydrogens is 315 g/mol. The van der Waals surface area contributed by atoms with E-state index in [2.05, 4.69) is 11.4 Å². The van der Waals surface area contributed by atoms with E-state index in [-0.39, 0.29) is 23.8 Å². The highest BCUT2D eigenvalue weighted by molar-refractivity contribution is 5.94. The fourth-order valence-electron chi connectivity index (χ4n) is 4.10. The number of benzene rings is 2. The predicted octanol–water partition coefficient (Wildman–Crippen LogP) is 3.45. The summed E-state index contributed by atoms with van der Waals surface area (Å²) >= 11 is 0. The third-order valence-corrected chi connectivity index (χ3v) is 5.46. The van der Waals surface area contributed by atoms with Crippen molar-refractivity contribution < 1.29 is 9.18 Å². The van der Waals surface area contributed by atoms with Gasteiger partial charge >= 0.3 is 0 Å². The summed E-state index contributed by atoms with van der Waals surface area (Å²) < 4.78 is 13.5. The van der Waals surface area contributed by atoms with Crippen molar-refractivity contribution in [3.63, 3.8) is 0 Å². The first kappa shape index (κ1) is 16.3. The summed E-state index contributed by atoms with van der Waals surface area (Å²) in [4.78, 5) is 12.7. The molecule has 3 N–H and O–H groups in total. The molecular formula is C21H23FN2O. The van der Waals surface area contributed by atoms with E-state index in [0.29, 0.717) is 5.56 Å². The molecule has 2 aliphatic carbocycles. The molecule has 0 heterocycles. The maximum atomic E-state index is 13.5. The van der Waals surface area contributed by atoms with Crippen LogP contribution in [0.2, 0.25) is 0 Å². The van der Waals surface area contributed by atoms with Gasteiger partial charge < -0.3 is 11.1 Å². The summed E-state index contributed by atoms with van der Waals surface area (Å²) in [5.74, 6) is -0.346. The Hall–Kier alpha value is -2.20. The van der Waals surface area contributed by atoms with Crippen LogP contribution in [0.3, 0.4) is 0 Å². The van der Waals surface area contributed by atoms with Crippen molar-refractivity contribution in [3.8, 4) is 0 Å². The van der Waals surface area contributed by atoms with Crippen LogP contribution in [0.15, 0.2) is 36.4 Å². The Morgan fingerprint density at radius 2 is 1.88 bits per heavy atom. The third-order valence-electron chi connectivity index (χ3n) is 5.46. The molecule has 4 rings (SSSR count). The zero-order valence-electron chi connectivity index (χ0n) is 14.2. The summed E-state index contributed by atoms with van der Waals surface area (Å²) in [7, 11) is 0. The van der Waals surface area contributed by atoms with Crippen LogP contribution in [0.4, 0.5) is 4.39 Å². The van der Waals surface area contributed by atoms with E-state index in [1.54, 1.807) is 6.07 Å². The molecule has 0 aromatic heterocycles. The number of fused-ring (bicyclic) bond motifs is 2. The summed E-state index contributed by atoms with van der Waals surface area (Å²) in [5, 5.41) is 3.08. The lowest BCUT2D eigenvalue weighted by Gasteiger charge is -2.16. The number of hydrogen-bond donors (Lipinski definition) is 2. The molecule has 0 saturated carbocycles. The van der Waals surface area contributed by atoms with Gasteiger partial charge in [-0.1, -0.05) is 12.1 Å². The van der Waals surface area contributed by atoms with Gasteiger partial charge in [0.15, 0.2) is 0 Å². The molecule has 3 nitrogen and oxygen atoms in total. The molecule has 4 heteroatoms. The quantitative estimate of drug-likeness (QED) is 0.824. The second kappa shape index (κ2) is 6.60. The Balaban J connectivity index is 1.54. The number of carbonyl (C=O) groups is 1. The van der Waals surface area contributed by atoms with Crippen LogP contribution in [0.25, 0.3) is 0 Å². The van der Waals surface area contributed by atoms with Crippen LogP contribution in [0.1, 0.15) is 57.9 Å². The molecule has 2 aromatic rings. The Labute approximate surface area is 147 Å². The average molecular weight is 338 g/mol. The topological polar surface area (TPSA) is 55.1 Å². The molecule has 25 heavy (non-hydrogen) atoms. The van der Waals surface area contributed by atoms with Crippen molar-refractivity contribution in [3.05, 3.63) is 70.0 Å². The minimum Gasteiger partial charge on any atom is -0.345 e. The Kier molecular flexibility index (Phi) is 4.30. The van der Waals surface area contributed by atoms with Crippen molar-refractivity contribution in [1.29, 1.82) is 0 Å². The second-order valence-corrected chi connectivity index (χ2v) is 7.25. The van der Waals surface area contributed by atoms with E-state index in [0.717, 1.165) is 49.7 Å². The molecule has 2 aromatic carbocycles. The van der Waals surface area contributed by atoms with Gasteiger partial charge in [0, 0.05) is 11.6 Å². The summed E-state index contributed by atoms with van der Waals surface area (Å²) in [5.41, 5.74) is 11.3. The van der Waals surface area contributed by atoms with Crippen LogP contribution in [-0.4, -0.2) is 11.9 Å². The van der Waals surface area contributed by atoms with Gasteiger partial charge in [0.25, 0.3) is 5.91 Å². The normalized spacial score (nSPS) is 22.0. The van der Waals surface area contributed by atoms with E-state index in [9.17, 15) is 9.18 Å². The fourth-order valence-corrected chi connectivity index (χ4v) is 4.10. The van der Waals surface area contributed by atoms with Crippen LogP contribution < -0.4 is 11.1 Å². The standard InChI is InChI=1S/C21H23FN2O/c22-17-8-6-14-7-9-20(19(14)12-17)24-21(25)15-5-4-13-2-1-3-18(23)11-16(13)10-15/h4-6,8,10,12,18,20H,1-3,7,9,11,23H2,(H,24,25). The number of carbonyl (C=O) groups excluding carboxylic acids is 1. The van der Waals surface area contributed by atoms with Crippen molar-refractivity contribution in [2.24, 2.45) is 5.73 Å². The largest absolute Gasteiger partial charge is 0.345 e. The number of nitrogens with one attached hydrogen (secondary N) is 1. The maximum absolute atomic E-state index is 13.5. The third kappa shape index (κ3) is 3.31. The van der Waals surface area contributed by atoms with Crippen LogP contribution in [-0.2, 0) is 19.3 Å². The zero-order valence-corrected chi connectivity index (χ0v) is 14.2. The fraction of sp³-hybridized carbons (Fsp3) is 0.381. The highest BCUT2D eigenvalue weighted by Gasteiger charge is 2.25. The first-order valence-corrected chi connectivity index (χ1v) is 9.07. The van der Waals surface area contributed by atoms with Crippen LogP contribution >= 0.6 is 0 Å². The summed E-state index contributed by atoms with van der Waals surface area (Å²) in [6.45, 7) is 0. The molecule has 0 aliphatic heterocycles. The number of rotatable bonds is 2. The van der Waals surface area contributed by atoms with E-state index < -0.39 is 0 Å². The number of nitrogens with two attached hydrogens (primary N) is 1. The van der Waals surface area contributed by atoms with Crippen molar-refractivity contribution in [1.82, 2.24) is 5.32 Å².